The number of nitrogens with zero attached hydrogens (tertiary/aromatic N) is 3. The van der Waals surface area contributed by atoms with E-state index in [9.17, 15) is 4.79 Å². The second-order valence-electron chi connectivity index (χ2n) is 5.20. The number of rotatable bonds is 2. The maximum absolute atomic E-state index is 11.7. The number of halogens is 1. The van der Waals surface area contributed by atoms with E-state index in [-0.39, 0.29) is 10.6 Å². The van der Waals surface area contributed by atoms with Gasteiger partial charge in [0, 0.05) is 26.2 Å². The Hall–Kier alpha value is -1.07. The SMILES string of the molecule is C[C@@H]1C[C@H](Nc2cnn(C)c(=O)c2Cl)CN(C)C1. The van der Waals surface area contributed by atoms with Crippen molar-refractivity contribution in [2.45, 2.75) is 19.4 Å². The molecule has 100 valence electrons. The number of piperidine rings is 1. The Morgan fingerprint density at radius 3 is 2.83 bits per heavy atom. The summed E-state index contributed by atoms with van der Waals surface area (Å²) in [6.07, 6.45) is 2.69. The number of likely N-dealkylation sites (N-methyl/N-ethyl adjacent to an activating group) is 1. The second kappa shape index (κ2) is 5.28. The van der Waals surface area contributed by atoms with Crippen molar-refractivity contribution in [1.82, 2.24) is 14.7 Å². The Bertz CT molecular complexity index is 477. The summed E-state index contributed by atoms with van der Waals surface area (Å²) < 4.78 is 1.24. The number of hydrogen-bond donors (Lipinski definition) is 1. The minimum absolute atomic E-state index is 0.216. The summed E-state index contributed by atoms with van der Waals surface area (Å²) >= 11 is 6.04. The molecule has 0 spiro atoms. The second-order valence-corrected chi connectivity index (χ2v) is 5.58. The average Bonchev–Trinajstić information content (AvgIpc) is 2.29. The molecule has 1 fully saturated rings. The maximum Gasteiger partial charge on any atom is 0.287 e. The molecular weight excluding hydrogens is 252 g/mol. The Balaban J connectivity index is 2.14. The average molecular weight is 271 g/mol. The lowest BCUT2D eigenvalue weighted by molar-refractivity contribution is 0.207. The van der Waals surface area contributed by atoms with Crippen LogP contribution in [0.15, 0.2) is 11.0 Å². The Labute approximate surface area is 112 Å². The molecule has 1 saturated heterocycles. The summed E-state index contributed by atoms with van der Waals surface area (Å²) in [5, 5.41) is 7.53. The largest absolute Gasteiger partial charge is 0.378 e. The normalized spacial score (nSPS) is 25.1. The lowest BCUT2D eigenvalue weighted by Gasteiger charge is -2.34. The van der Waals surface area contributed by atoms with Gasteiger partial charge in [-0.15, -0.1) is 0 Å². The fourth-order valence-corrected chi connectivity index (χ4v) is 2.78. The van der Waals surface area contributed by atoms with Crippen LogP contribution in [0.25, 0.3) is 0 Å². The summed E-state index contributed by atoms with van der Waals surface area (Å²) in [5.41, 5.74) is 0.367. The summed E-state index contributed by atoms with van der Waals surface area (Å²) in [6, 6.07) is 0.310. The van der Waals surface area contributed by atoms with Gasteiger partial charge in [0.2, 0.25) is 0 Å². The van der Waals surface area contributed by atoms with E-state index in [0.717, 1.165) is 19.5 Å². The molecule has 0 saturated carbocycles. The first-order valence-corrected chi connectivity index (χ1v) is 6.52. The van der Waals surface area contributed by atoms with Gasteiger partial charge in [-0.05, 0) is 19.4 Å². The molecule has 0 aromatic carbocycles. The first kappa shape index (κ1) is 13.4. The third-order valence-corrected chi connectivity index (χ3v) is 3.65. The van der Waals surface area contributed by atoms with Crippen LogP contribution in [0, 0.1) is 5.92 Å². The predicted molar refractivity (Wildman–Crippen MR) is 73.2 cm³/mol. The fourth-order valence-electron chi connectivity index (χ4n) is 2.55. The molecule has 2 atom stereocenters. The highest BCUT2D eigenvalue weighted by Crippen LogP contribution is 2.21. The summed E-state index contributed by atoms with van der Waals surface area (Å²) in [5.74, 6) is 0.638. The van der Waals surface area contributed by atoms with E-state index in [2.05, 4.69) is 29.3 Å². The number of hydrogen-bond acceptors (Lipinski definition) is 4. The summed E-state index contributed by atoms with van der Waals surface area (Å²) in [4.78, 5) is 14.0. The molecule has 2 rings (SSSR count). The van der Waals surface area contributed by atoms with Gasteiger partial charge in [-0.3, -0.25) is 4.79 Å². The van der Waals surface area contributed by atoms with Crippen molar-refractivity contribution in [2.75, 3.05) is 25.5 Å². The standard InChI is InChI=1S/C12H19ClN4O/c1-8-4-9(7-16(2)6-8)15-10-5-14-17(3)12(18)11(10)13/h5,8-9,15H,4,6-7H2,1-3H3/t8-,9+/m1/s1. The van der Waals surface area contributed by atoms with Gasteiger partial charge < -0.3 is 10.2 Å². The molecule has 1 aromatic rings. The number of aromatic nitrogens is 2. The molecule has 2 heterocycles. The Kier molecular flexibility index (Phi) is 3.92. The van der Waals surface area contributed by atoms with Gasteiger partial charge in [0.05, 0.1) is 11.9 Å². The monoisotopic (exact) mass is 270 g/mol. The molecule has 0 unspecified atom stereocenters. The predicted octanol–water partition coefficient (Wildman–Crippen LogP) is 1.19. The van der Waals surface area contributed by atoms with E-state index in [1.54, 1.807) is 13.2 Å². The molecule has 0 amide bonds. The fraction of sp³-hybridized carbons (Fsp3) is 0.667. The molecule has 5 nitrogen and oxygen atoms in total. The van der Waals surface area contributed by atoms with E-state index < -0.39 is 0 Å². The van der Waals surface area contributed by atoms with E-state index in [1.807, 2.05) is 0 Å². The van der Waals surface area contributed by atoms with Crippen molar-refractivity contribution in [3.8, 4) is 0 Å². The molecular formula is C12H19ClN4O. The van der Waals surface area contributed by atoms with Crippen LogP contribution in [0.1, 0.15) is 13.3 Å². The number of likely N-dealkylation sites (tertiary alicyclic amines) is 1. The Morgan fingerprint density at radius 2 is 2.17 bits per heavy atom. The highest BCUT2D eigenvalue weighted by atomic mass is 35.5. The molecule has 0 bridgehead atoms. The van der Waals surface area contributed by atoms with E-state index in [0.29, 0.717) is 17.6 Å². The van der Waals surface area contributed by atoms with Gasteiger partial charge in [-0.2, -0.15) is 5.10 Å². The number of aryl methyl sites for hydroxylation is 1. The molecule has 1 aliphatic rings. The lowest BCUT2D eigenvalue weighted by atomic mass is 9.96. The Morgan fingerprint density at radius 1 is 1.44 bits per heavy atom. The quantitative estimate of drug-likeness (QED) is 0.877. The van der Waals surface area contributed by atoms with Crippen molar-refractivity contribution in [3.63, 3.8) is 0 Å². The van der Waals surface area contributed by atoms with Gasteiger partial charge >= 0.3 is 0 Å². The minimum atomic E-state index is -0.265. The first-order chi connectivity index (χ1) is 8.47. The van der Waals surface area contributed by atoms with Crippen molar-refractivity contribution in [1.29, 1.82) is 0 Å². The van der Waals surface area contributed by atoms with Crippen LogP contribution < -0.4 is 10.9 Å². The van der Waals surface area contributed by atoms with Crippen LogP contribution in [0.3, 0.4) is 0 Å². The summed E-state index contributed by atoms with van der Waals surface area (Å²) in [7, 11) is 3.70. The van der Waals surface area contributed by atoms with Gasteiger partial charge in [-0.1, -0.05) is 18.5 Å². The van der Waals surface area contributed by atoms with Crippen LogP contribution in [0.5, 0.6) is 0 Å². The van der Waals surface area contributed by atoms with Crippen LogP contribution in [-0.2, 0) is 7.05 Å². The molecule has 0 aliphatic carbocycles. The zero-order valence-corrected chi connectivity index (χ0v) is 11.7. The van der Waals surface area contributed by atoms with E-state index in [1.165, 1.54) is 4.68 Å². The molecule has 6 heteroatoms. The first-order valence-electron chi connectivity index (χ1n) is 6.14. The number of nitrogens with one attached hydrogen (secondary N) is 1. The minimum Gasteiger partial charge on any atom is -0.378 e. The molecule has 1 N–H and O–H groups in total. The maximum atomic E-state index is 11.7. The van der Waals surface area contributed by atoms with E-state index >= 15 is 0 Å². The van der Waals surface area contributed by atoms with Crippen molar-refractivity contribution < 1.29 is 0 Å². The zero-order valence-electron chi connectivity index (χ0n) is 11.0. The van der Waals surface area contributed by atoms with Gasteiger partial charge in [0.15, 0.2) is 0 Å². The van der Waals surface area contributed by atoms with Crippen LogP contribution in [-0.4, -0.2) is 40.9 Å². The molecule has 18 heavy (non-hydrogen) atoms. The van der Waals surface area contributed by atoms with Crippen LogP contribution >= 0.6 is 11.6 Å². The molecule has 1 aliphatic heterocycles. The highest BCUT2D eigenvalue weighted by molar-refractivity contribution is 6.32. The third kappa shape index (κ3) is 2.84. The zero-order chi connectivity index (χ0) is 13.3. The van der Waals surface area contributed by atoms with Gasteiger partial charge in [-0.25, -0.2) is 4.68 Å². The van der Waals surface area contributed by atoms with Gasteiger partial charge in [0.1, 0.15) is 5.02 Å². The molecule has 1 aromatic heterocycles. The number of anilines is 1. The topological polar surface area (TPSA) is 50.2 Å². The van der Waals surface area contributed by atoms with Gasteiger partial charge in [0.25, 0.3) is 5.56 Å². The van der Waals surface area contributed by atoms with Crippen molar-refractivity contribution >= 4 is 17.3 Å². The van der Waals surface area contributed by atoms with Crippen LogP contribution in [0.2, 0.25) is 5.02 Å². The third-order valence-electron chi connectivity index (χ3n) is 3.28. The van der Waals surface area contributed by atoms with E-state index in [4.69, 9.17) is 11.6 Å². The summed E-state index contributed by atoms with van der Waals surface area (Å²) in [6.45, 7) is 4.30. The lowest BCUT2D eigenvalue weighted by Crippen LogP contribution is -2.43. The highest BCUT2D eigenvalue weighted by Gasteiger charge is 2.23. The van der Waals surface area contributed by atoms with Crippen molar-refractivity contribution in [2.24, 2.45) is 13.0 Å². The van der Waals surface area contributed by atoms with Crippen LogP contribution in [0.4, 0.5) is 5.69 Å². The van der Waals surface area contributed by atoms with Crippen molar-refractivity contribution in [3.05, 3.63) is 21.6 Å². The molecule has 0 radical (unpaired) electrons. The smallest absolute Gasteiger partial charge is 0.287 e.